The Morgan fingerprint density at radius 3 is 2.48 bits per heavy atom. The zero-order valence-corrected chi connectivity index (χ0v) is 14.7. The van der Waals surface area contributed by atoms with Crippen LogP contribution in [0.4, 0.5) is 13.2 Å². The van der Waals surface area contributed by atoms with E-state index in [1.54, 1.807) is 12.1 Å². The number of rotatable bonds is 7. The Hall–Kier alpha value is -1.99. The minimum absolute atomic E-state index is 0.00581. The van der Waals surface area contributed by atoms with Crippen LogP contribution in [-0.2, 0) is 4.79 Å². The van der Waals surface area contributed by atoms with Crippen molar-refractivity contribution < 1.29 is 18.0 Å². The number of hydrogen-bond donors (Lipinski definition) is 1. The summed E-state index contributed by atoms with van der Waals surface area (Å²) < 4.78 is 39.8. The summed E-state index contributed by atoms with van der Waals surface area (Å²) in [6, 6.07) is 9.26. The molecule has 0 saturated heterocycles. The van der Waals surface area contributed by atoms with Gasteiger partial charge in [-0.25, -0.2) is 13.2 Å². The van der Waals surface area contributed by atoms with Gasteiger partial charge in [0, 0.05) is 17.5 Å². The Labute approximate surface area is 149 Å². The lowest BCUT2D eigenvalue weighted by molar-refractivity contribution is -0.118. The average molecular weight is 368 g/mol. The van der Waals surface area contributed by atoms with E-state index in [9.17, 15) is 18.0 Å². The second-order valence-electron chi connectivity index (χ2n) is 5.70. The summed E-state index contributed by atoms with van der Waals surface area (Å²) >= 11 is 0.995. The van der Waals surface area contributed by atoms with E-state index in [1.807, 2.05) is 19.0 Å². The van der Waals surface area contributed by atoms with Crippen LogP contribution in [0.3, 0.4) is 0 Å². The summed E-state index contributed by atoms with van der Waals surface area (Å²) in [5.74, 6) is -1.96. The van der Waals surface area contributed by atoms with Crippen LogP contribution in [0.5, 0.6) is 0 Å². The van der Waals surface area contributed by atoms with Gasteiger partial charge in [-0.1, -0.05) is 12.1 Å². The monoisotopic (exact) mass is 368 g/mol. The van der Waals surface area contributed by atoms with Crippen LogP contribution in [0.2, 0.25) is 0 Å². The molecule has 0 spiro atoms. The third-order valence-electron chi connectivity index (χ3n) is 3.60. The van der Waals surface area contributed by atoms with Crippen LogP contribution in [0, 0.1) is 17.5 Å². The van der Waals surface area contributed by atoms with Gasteiger partial charge in [-0.05, 0) is 43.9 Å². The van der Waals surface area contributed by atoms with Crippen LogP contribution in [0.15, 0.2) is 47.4 Å². The van der Waals surface area contributed by atoms with Crippen molar-refractivity contribution in [2.75, 3.05) is 26.4 Å². The number of likely N-dealkylation sites (N-methyl/N-ethyl adjacent to an activating group) is 1. The van der Waals surface area contributed by atoms with E-state index >= 15 is 0 Å². The van der Waals surface area contributed by atoms with Gasteiger partial charge in [0.1, 0.15) is 17.5 Å². The number of thioether (sulfide) groups is 1. The summed E-state index contributed by atoms with van der Waals surface area (Å²) in [5, 5.41) is 2.76. The Balaban J connectivity index is 1.91. The second-order valence-corrected chi connectivity index (χ2v) is 6.72. The second kappa shape index (κ2) is 8.92. The molecule has 134 valence electrons. The van der Waals surface area contributed by atoms with Gasteiger partial charge in [-0.2, -0.15) is 0 Å². The van der Waals surface area contributed by atoms with Crippen molar-refractivity contribution in [3.05, 3.63) is 65.5 Å². The number of amides is 1. The topological polar surface area (TPSA) is 32.3 Å². The van der Waals surface area contributed by atoms with Gasteiger partial charge < -0.3 is 10.2 Å². The van der Waals surface area contributed by atoms with Crippen molar-refractivity contribution >= 4 is 17.7 Å². The molecule has 0 aliphatic carbocycles. The molecule has 1 amide bonds. The normalized spacial score (nSPS) is 12.2. The lowest BCUT2D eigenvalue weighted by atomic mass is 10.1. The van der Waals surface area contributed by atoms with Gasteiger partial charge >= 0.3 is 0 Å². The first-order valence-electron chi connectivity index (χ1n) is 7.63. The molecule has 2 rings (SSSR count). The maximum Gasteiger partial charge on any atom is 0.230 e. The highest BCUT2D eigenvalue weighted by Crippen LogP contribution is 2.22. The zero-order valence-electron chi connectivity index (χ0n) is 13.9. The third kappa shape index (κ3) is 5.79. The number of benzene rings is 2. The maximum atomic E-state index is 13.5. The van der Waals surface area contributed by atoms with Crippen LogP contribution in [-0.4, -0.2) is 37.2 Å². The number of hydrogen-bond acceptors (Lipinski definition) is 3. The van der Waals surface area contributed by atoms with Crippen LogP contribution >= 0.6 is 11.8 Å². The molecule has 25 heavy (non-hydrogen) atoms. The van der Waals surface area contributed by atoms with Crippen molar-refractivity contribution in [2.45, 2.75) is 10.9 Å². The maximum absolute atomic E-state index is 13.5. The van der Waals surface area contributed by atoms with Crippen molar-refractivity contribution in [2.24, 2.45) is 0 Å². The van der Waals surface area contributed by atoms with E-state index in [-0.39, 0.29) is 28.4 Å². The van der Waals surface area contributed by atoms with E-state index in [2.05, 4.69) is 5.32 Å². The number of halogens is 3. The summed E-state index contributed by atoms with van der Waals surface area (Å²) in [5.41, 5.74) is 0.752. The molecule has 0 aliphatic rings. The Bertz CT molecular complexity index is 740. The molecule has 0 bridgehead atoms. The fourth-order valence-corrected chi connectivity index (χ4v) is 3.06. The van der Waals surface area contributed by atoms with E-state index in [4.69, 9.17) is 0 Å². The fraction of sp³-hybridized carbons (Fsp3) is 0.278. The first kappa shape index (κ1) is 19.3. The molecule has 2 aromatic carbocycles. The highest BCUT2D eigenvalue weighted by atomic mass is 32.2. The van der Waals surface area contributed by atoms with Gasteiger partial charge in [-0.15, -0.1) is 11.8 Å². The largest absolute Gasteiger partial charge is 0.353 e. The predicted octanol–water partition coefficient (Wildman–Crippen LogP) is 3.62. The summed E-state index contributed by atoms with van der Waals surface area (Å²) in [6.07, 6.45) is 0. The summed E-state index contributed by atoms with van der Waals surface area (Å²) in [6.45, 7) is 0.293. The Kier molecular flexibility index (Phi) is 6.90. The van der Waals surface area contributed by atoms with E-state index in [1.165, 1.54) is 18.2 Å². The molecule has 0 aliphatic heterocycles. The SMILES string of the molecule is CN(C)C(CNC(=O)CSc1ccc(F)cc1F)c1cccc(F)c1. The lowest BCUT2D eigenvalue weighted by Crippen LogP contribution is -2.35. The lowest BCUT2D eigenvalue weighted by Gasteiger charge is -2.25. The van der Waals surface area contributed by atoms with Gasteiger partial charge in [0.25, 0.3) is 0 Å². The van der Waals surface area contributed by atoms with Crippen LogP contribution in [0.1, 0.15) is 11.6 Å². The molecule has 7 heteroatoms. The predicted molar refractivity (Wildman–Crippen MR) is 92.9 cm³/mol. The minimum Gasteiger partial charge on any atom is -0.353 e. The number of nitrogens with zero attached hydrogens (tertiary/aromatic N) is 1. The molecule has 1 atom stereocenters. The van der Waals surface area contributed by atoms with E-state index in [0.29, 0.717) is 6.54 Å². The quantitative estimate of drug-likeness (QED) is 0.758. The van der Waals surface area contributed by atoms with Gasteiger partial charge in [0.2, 0.25) is 5.91 Å². The van der Waals surface area contributed by atoms with Crippen LogP contribution in [0.25, 0.3) is 0 Å². The number of nitrogens with one attached hydrogen (secondary N) is 1. The van der Waals surface area contributed by atoms with E-state index < -0.39 is 11.6 Å². The Morgan fingerprint density at radius 2 is 1.84 bits per heavy atom. The molecule has 0 aromatic heterocycles. The smallest absolute Gasteiger partial charge is 0.230 e. The number of carbonyl (C=O) groups excluding carboxylic acids is 1. The standard InChI is InChI=1S/C18H19F3N2OS/c1-23(2)16(12-4-3-5-13(19)8-12)10-22-18(24)11-25-17-7-6-14(20)9-15(17)21/h3-9,16H,10-11H2,1-2H3,(H,22,24). The third-order valence-corrected chi connectivity index (χ3v) is 4.65. The van der Waals surface area contributed by atoms with Crippen molar-refractivity contribution in [3.63, 3.8) is 0 Å². The molecule has 0 fully saturated rings. The van der Waals surface area contributed by atoms with Crippen molar-refractivity contribution in [1.29, 1.82) is 0 Å². The molecular weight excluding hydrogens is 349 g/mol. The first-order valence-corrected chi connectivity index (χ1v) is 8.62. The highest BCUT2D eigenvalue weighted by Gasteiger charge is 2.16. The van der Waals surface area contributed by atoms with E-state index in [0.717, 1.165) is 29.5 Å². The molecule has 1 N–H and O–H groups in total. The summed E-state index contributed by atoms with van der Waals surface area (Å²) in [7, 11) is 3.68. The van der Waals surface area contributed by atoms with Crippen molar-refractivity contribution in [3.8, 4) is 0 Å². The molecule has 2 aromatic rings. The summed E-state index contributed by atoms with van der Waals surface area (Å²) in [4.78, 5) is 14.1. The van der Waals surface area contributed by atoms with Gasteiger partial charge in [0.05, 0.1) is 11.8 Å². The molecular formula is C18H19F3N2OS. The molecule has 0 heterocycles. The first-order chi connectivity index (χ1) is 11.9. The number of carbonyl (C=O) groups is 1. The molecule has 0 radical (unpaired) electrons. The van der Waals surface area contributed by atoms with Gasteiger partial charge in [-0.3, -0.25) is 4.79 Å². The minimum atomic E-state index is -0.691. The fourth-order valence-electron chi connectivity index (χ4n) is 2.31. The average Bonchev–Trinajstić information content (AvgIpc) is 2.54. The molecule has 1 unspecified atom stereocenters. The van der Waals surface area contributed by atoms with Crippen LogP contribution < -0.4 is 5.32 Å². The molecule has 0 saturated carbocycles. The van der Waals surface area contributed by atoms with Crippen molar-refractivity contribution in [1.82, 2.24) is 10.2 Å². The Morgan fingerprint density at radius 1 is 1.12 bits per heavy atom. The molecule has 3 nitrogen and oxygen atoms in total. The van der Waals surface area contributed by atoms with Gasteiger partial charge in [0.15, 0.2) is 0 Å². The zero-order chi connectivity index (χ0) is 18.4. The highest BCUT2D eigenvalue weighted by molar-refractivity contribution is 8.00.